The quantitative estimate of drug-likeness (QED) is 0.923. The standard InChI is InChI=1S/C19H24FN3O2/c1-22-9-13(8-21-22)10-23-11-14-6-18(24)19(7-15(14)12-23)25-17-4-2-16(20)3-5-17/h2-5,8-9,14-15,18-19,24H,6-7,10-12H2,1H3/t14-,15+,18+,19+/m0/s1. The highest BCUT2D eigenvalue weighted by molar-refractivity contribution is 5.22. The number of halogens is 1. The molecule has 134 valence electrons. The number of aliphatic hydroxyl groups excluding tert-OH is 1. The number of rotatable bonds is 4. The second-order valence-electron chi connectivity index (χ2n) is 7.39. The molecular formula is C19H24FN3O2. The van der Waals surface area contributed by atoms with Gasteiger partial charge in [0.05, 0.1) is 12.3 Å². The molecule has 1 aromatic carbocycles. The van der Waals surface area contributed by atoms with Crippen LogP contribution in [0.25, 0.3) is 0 Å². The van der Waals surface area contributed by atoms with Gasteiger partial charge in [-0.15, -0.1) is 0 Å². The molecule has 4 rings (SSSR count). The van der Waals surface area contributed by atoms with E-state index in [9.17, 15) is 9.50 Å². The minimum absolute atomic E-state index is 0.218. The van der Waals surface area contributed by atoms with Gasteiger partial charge in [-0.2, -0.15) is 5.10 Å². The van der Waals surface area contributed by atoms with E-state index < -0.39 is 6.10 Å². The van der Waals surface area contributed by atoms with Gasteiger partial charge in [0, 0.05) is 38.4 Å². The SMILES string of the molecule is Cn1cc(CN2C[C@H]3C[C@@H](Oc4ccc(F)cc4)[C@H](O)C[C@H]3C2)cn1. The second-order valence-corrected chi connectivity index (χ2v) is 7.39. The minimum atomic E-state index is -0.468. The van der Waals surface area contributed by atoms with E-state index >= 15 is 0 Å². The van der Waals surface area contributed by atoms with E-state index in [2.05, 4.69) is 16.2 Å². The number of hydrogen-bond acceptors (Lipinski definition) is 4. The van der Waals surface area contributed by atoms with Crippen molar-refractivity contribution in [1.82, 2.24) is 14.7 Å². The van der Waals surface area contributed by atoms with Crippen molar-refractivity contribution < 1.29 is 14.2 Å². The average molecular weight is 345 g/mol. The molecule has 6 heteroatoms. The lowest BCUT2D eigenvalue weighted by atomic mass is 9.78. The maximum atomic E-state index is 13.0. The maximum Gasteiger partial charge on any atom is 0.125 e. The molecule has 1 saturated heterocycles. The summed E-state index contributed by atoms with van der Waals surface area (Å²) in [4.78, 5) is 2.44. The first-order valence-corrected chi connectivity index (χ1v) is 8.87. The normalized spacial score (nSPS) is 29.6. The Morgan fingerprint density at radius 2 is 1.92 bits per heavy atom. The van der Waals surface area contributed by atoms with Crippen molar-refractivity contribution in [3.63, 3.8) is 0 Å². The number of aryl methyl sites for hydroxylation is 1. The van der Waals surface area contributed by atoms with Gasteiger partial charge in [-0.3, -0.25) is 9.58 Å². The van der Waals surface area contributed by atoms with Crippen LogP contribution in [0.5, 0.6) is 5.75 Å². The average Bonchev–Trinajstić information content (AvgIpc) is 3.15. The van der Waals surface area contributed by atoms with Crippen LogP contribution in [0.2, 0.25) is 0 Å². The zero-order valence-corrected chi connectivity index (χ0v) is 14.4. The Morgan fingerprint density at radius 3 is 2.60 bits per heavy atom. The monoisotopic (exact) mass is 345 g/mol. The first kappa shape index (κ1) is 16.5. The highest BCUT2D eigenvalue weighted by atomic mass is 19.1. The van der Waals surface area contributed by atoms with E-state index in [1.807, 2.05) is 17.9 Å². The molecule has 1 N–H and O–H groups in total. The van der Waals surface area contributed by atoms with Gasteiger partial charge in [-0.25, -0.2) is 4.39 Å². The summed E-state index contributed by atoms with van der Waals surface area (Å²) in [6.07, 6.45) is 4.89. The van der Waals surface area contributed by atoms with Gasteiger partial charge in [0.25, 0.3) is 0 Å². The fourth-order valence-electron chi connectivity index (χ4n) is 4.24. The Bertz CT molecular complexity index is 718. The van der Waals surface area contributed by atoms with Crippen molar-refractivity contribution in [2.75, 3.05) is 13.1 Å². The lowest BCUT2D eigenvalue weighted by Crippen LogP contribution is -2.42. The van der Waals surface area contributed by atoms with Crippen LogP contribution in [0.3, 0.4) is 0 Å². The fraction of sp³-hybridized carbons (Fsp3) is 0.526. The van der Waals surface area contributed by atoms with E-state index in [1.54, 1.807) is 12.1 Å². The molecule has 2 aromatic rings. The van der Waals surface area contributed by atoms with Crippen molar-refractivity contribution >= 4 is 0 Å². The Hall–Kier alpha value is -1.92. The molecule has 1 aliphatic carbocycles. The molecule has 2 fully saturated rings. The van der Waals surface area contributed by atoms with Crippen LogP contribution < -0.4 is 4.74 Å². The number of fused-ring (bicyclic) bond motifs is 1. The Kier molecular flexibility index (Phi) is 4.48. The van der Waals surface area contributed by atoms with Gasteiger partial charge < -0.3 is 9.84 Å². The molecule has 0 radical (unpaired) electrons. The first-order chi connectivity index (χ1) is 12.1. The number of likely N-dealkylation sites (tertiary alicyclic amines) is 1. The summed E-state index contributed by atoms with van der Waals surface area (Å²) < 4.78 is 20.8. The van der Waals surface area contributed by atoms with Gasteiger partial charge in [0.15, 0.2) is 0 Å². The Morgan fingerprint density at radius 1 is 1.20 bits per heavy atom. The van der Waals surface area contributed by atoms with E-state index in [-0.39, 0.29) is 11.9 Å². The summed E-state index contributed by atoms with van der Waals surface area (Å²) in [6, 6.07) is 6.02. The molecule has 4 atom stereocenters. The summed E-state index contributed by atoms with van der Waals surface area (Å²) in [5.41, 5.74) is 1.22. The largest absolute Gasteiger partial charge is 0.488 e. The molecule has 0 spiro atoms. The topological polar surface area (TPSA) is 50.5 Å². The third-order valence-electron chi connectivity index (χ3n) is 5.43. The van der Waals surface area contributed by atoms with E-state index in [1.165, 1.54) is 17.7 Å². The molecule has 5 nitrogen and oxygen atoms in total. The molecule has 1 aromatic heterocycles. The summed E-state index contributed by atoms with van der Waals surface area (Å²) in [5, 5.41) is 14.7. The first-order valence-electron chi connectivity index (χ1n) is 8.87. The van der Waals surface area contributed by atoms with Crippen LogP contribution in [-0.2, 0) is 13.6 Å². The van der Waals surface area contributed by atoms with Crippen LogP contribution >= 0.6 is 0 Å². The van der Waals surface area contributed by atoms with Crippen LogP contribution in [-0.4, -0.2) is 45.1 Å². The van der Waals surface area contributed by atoms with Crippen molar-refractivity contribution in [2.24, 2.45) is 18.9 Å². The van der Waals surface area contributed by atoms with Crippen LogP contribution in [0.15, 0.2) is 36.7 Å². The number of hydrogen-bond donors (Lipinski definition) is 1. The summed E-state index contributed by atoms with van der Waals surface area (Å²) in [7, 11) is 1.93. The van der Waals surface area contributed by atoms with Gasteiger partial charge in [0.1, 0.15) is 17.7 Å². The van der Waals surface area contributed by atoms with Crippen LogP contribution in [0.4, 0.5) is 4.39 Å². The number of ether oxygens (including phenoxy) is 1. The highest BCUT2D eigenvalue weighted by Gasteiger charge is 2.42. The molecule has 2 aliphatic rings. The molecule has 25 heavy (non-hydrogen) atoms. The van der Waals surface area contributed by atoms with Crippen molar-refractivity contribution in [3.8, 4) is 5.75 Å². The fourth-order valence-corrected chi connectivity index (χ4v) is 4.24. The van der Waals surface area contributed by atoms with E-state index in [0.717, 1.165) is 32.5 Å². The van der Waals surface area contributed by atoms with Gasteiger partial charge in [0.2, 0.25) is 0 Å². The van der Waals surface area contributed by atoms with Gasteiger partial charge >= 0.3 is 0 Å². The molecule has 1 saturated carbocycles. The lowest BCUT2D eigenvalue weighted by Gasteiger charge is -2.35. The molecule has 0 unspecified atom stereocenters. The van der Waals surface area contributed by atoms with Crippen LogP contribution in [0.1, 0.15) is 18.4 Å². The maximum absolute atomic E-state index is 13.0. The minimum Gasteiger partial charge on any atom is -0.488 e. The highest BCUT2D eigenvalue weighted by Crippen LogP contribution is 2.38. The summed E-state index contributed by atoms with van der Waals surface area (Å²) in [5.74, 6) is 1.39. The predicted molar refractivity (Wildman–Crippen MR) is 91.5 cm³/mol. The third kappa shape index (κ3) is 3.70. The van der Waals surface area contributed by atoms with Gasteiger partial charge in [-0.1, -0.05) is 0 Å². The van der Waals surface area contributed by atoms with Crippen molar-refractivity contribution in [2.45, 2.75) is 31.6 Å². The molecule has 2 heterocycles. The van der Waals surface area contributed by atoms with Crippen molar-refractivity contribution in [1.29, 1.82) is 0 Å². The number of aliphatic hydroxyl groups is 1. The zero-order valence-electron chi connectivity index (χ0n) is 14.4. The molecule has 0 amide bonds. The Labute approximate surface area is 147 Å². The zero-order chi connectivity index (χ0) is 17.4. The molecule has 0 bridgehead atoms. The number of aromatic nitrogens is 2. The van der Waals surface area contributed by atoms with E-state index in [4.69, 9.17) is 4.74 Å². The number of nitrogens with zero attached hydrogens (tertiary/aromatic N) is 3. The second kappa shape index (κ2) is 6.77. The summed E-state index contributed by atoms with van der Waals surface area (Å²) >= 11 is 0. The number of benzene rings is 1. The van der Waals surface area contributed by atoms with Gasteiger partial charge in [-0.05, 0) is 48.9 Å². The molecule has 1 aliphatic heterocycles. The van der Waals surface area contributed by atoms with E-state index in [0.29, 0.717) is 17.6 Å². The van der Waals surface area contributed by atoms with Crippen LogP contribution in [0, 0.1) is 17.7 Å². The summed E-state index contributed by atoms with van der Waals surface area (Å²) in [6.45, 7) is 2.94. The molecular weight excluding hydrogens is 321 g/mol. The third-order valence-corrected chi connectivity index (χ3v) is 5.43. The smallest absolute Gasteiger partial charge is 0.125 e. The Balaban J connectivity index is 1.37. The van der Waals surface area contributed by atoms with Crippen molar-refractivity contribution in [3.05, 3.63) is 48.0 Å². The lowest BCUT2D eigenvalue weighted by molar-refractivity contribution is -0.0231. The predicted octanol–water partition coefficient (Wildman–Crippen LogP) is 2.21.